The van der Waals surface area contributed by atoms with Crippen molar-refractivity contribution >= 4 is 34.5 Å². The fourth-order valence-corrected chi connectivity index (χ4v) is 2.79. The number of fused-ring (bicyclic) bond motifs is 1. The van der Waals surface area contributed by atoms with Gasteiger partial charge in [-0.05, 0) is 13.8 Å². The molecular formula is C13H14N6O2S. The Morgan fingerprint density at radius 1 is 1.45 bits per heavy atom. The second-order valence-corrected chi connectivity index (χ2v) is 6.09. The van der Waals surface area contributed by atoms with Gasteiger partial charge in [-0.1, -0.05) is 16.9 Å². The lowest BCUT2D eigenvalue weighted by Gasteiger charge is -2.10. The van der Waals surface area contributed by atoms with Crippen LogP contribution >= 0.6 is 11.8 Å². The molecule has 0 bridgehead atoms. The van der Waals surface area contributed by atoms with Crippen LogP contribution in [0.3, 0.4) is 0 Å². The summed E-state index contributed by atoms with van der Waals surface area (Å²) in [6, 6.07) is 1.67. The number of rotatable bonds is 4. The first-order valence-corrected chi connectivity index (χ1v) is 7.46. The first-order valence-electron chi connectivity index (χ1n) is 6.58. The van der Waals surface area contributed by atoms with Gasteiger partial charge in [0.05, 0.1) is 16.8 Å². The van der Waals surface area contributed by atoms with E-state index in [1.54, 1.807) is 30.8 Å². The zero-order chi connectivity index (χ0) is 15.7. The standard InChI is InChI=1S/C13H14N6O2S/c1-7-4-10(18-21-7)17-12(20)8(2)22-13-9-5-16-19(3)11(9)14-6-15-13/h4-6,8H,1-3H3,(H,17,18,20). The third kappa shape index (κ3) is 2.80. The number of thioether (sulfide) groups is 1. The molecular weight excluding hydrogens is 304 g/mol. The van der Waals surface area contributed by atoms with Crippen LogP contribution in [0.15, 0.2) is 28.1 Å². The van der Waals surface area contributed by atoms with Crippen molar-refractivity contribution in [3.63, 3.8) is 0 Å². The summed E-state index contributed by atoms with van der Waals surface area (Å²) in [5.74, 6) is 0.876. The van der Waals surface area contributed by atoms with Crippen LogP contribution in [0.4, 0.5) is 5.82 Å². The molecule has 9 heteroatoms. The first-order chi connectivity index (χ1) is 10.5. The van der Waals surface area contributed by atoms with Gasteiger partial charge in [0.1, 0.15) is 17.1 Å². The Bertz CT molecular complexity index is 827. The predicted octanol–water partition coefficient (Wildman–Crippen LogP) is 1.78. The molecule has 1 unspecified atom stereocenters. The number of anilines is 1. The number of hydrogen-bond donors (Lipinski definition) is 1. The monoisotopic (exact) mass is 318 g/mol. The molecule has 0 aliphatic rings. The zero-order valence-electron chi connectivity index (χ0n) is 12.3. The van der Waals surface area contributed by atoms with Crippen LogP contribution in [0.1, 0.15) is 12.7 Å². The van der Waals surface area contributed by atoms with Crippen LogP contribution in [0, 0.1) is 6.92 Å². The Balaban J connectivity index is 1.75. The Morgan fingerprint density at radius 3 is 3.00 bits per heavy atom. The number of nitrogens with one attached hydrogen (secondary N) is 1. The van der Waals surface area contributed by atoms with Crippen LogP contribution in [-0.4, -0.2) is 36.1 Å². The summed E-state index contributed by atoms with van der Waals surface area (Å²) >= 11 is 1.35. The van der Waals surface area contributed by atoms with Gasteiger partial charge in [-0.15, -0.1) is 0 Å². The van der Waals surface area contributed by atoms with Gasteiger partial charge < -0.3 is 9.84 Å². The lowest BCUT2D eigenvalue weighted by molar-refractivity contribution is -0.115. The quantitative estimate of drug-likeness (QED) is 0.578. The lowest BCUT2D eigenvalue weighted by Crippen LogP contribution is -2.22. The van der Waals surface area contributed by atoms with Gasteiger partial charge >= 0.3 is 0 Å². The van der Waals surface area contributed by atoms with Gasteiger partial charge in [0, 0.05) is 13.1 Å². The molecule has 1 amide bonds. The molecule has 22 heavy (non-hydrogen) atoms. The molecule has 3 heterocycles. The van der Waals surface area contributed by atoms with E-state index in [0.29, 0.717) is 11.6 Å². The number of aromatic nitrogens is 5. The fourth-order valence-electron chi connectivity index (χ4n) is 1.91. The molecule has 8 nitrogen and oxygen atoms in total. The number of amides is 1. The summed E-state index contributed by atoms with van der Waals surface area (Å²) < 4.78 is 6.59. The Morgan fingerprint density at radius 2 is 2.27 bits per heavy atom. The van der Waals surface area contributed by atoms with Crippen LogP contribution < -0.4 is 5.32 Å². The SMILES string of the molecule is Cc1cc(NC(=O)C(C)Sc2ncnc3c2cnn3C)no1. The van der Waals surface area contributed by atoms with Gasteiger partial charge in [-0.25, -0.2) is 9.97 Å². The van der Waals surface area contributed by atoms with E-state index < -0.39 is 0 Å². The molecule has 0 aliphatic carbocycles. The molecule has 0 saturated heterocycles. The fraction of sp³-hybridized carbons (Fsp3) is 0.308. The topological polar surface area (TPSA) is 98.7 Å². The van der Waals surface area contributed by atoms with Crippen molar-refractivity contribution in [3.8, 4) is 0 Å². The number of carbonyl (C=O) groups is 1. The molecule has 0 radical (unpaired) electrons. The maximum atomic E-state index is 12.2. The lowest BCUT2D eigenvalue weighted by atomic mass is 10.4. The van der Waals surface area contributed by atoms with Crippen molar-refractivity contribution in [1.29, 1.82) is 0 Å². The molecule has 3 aromatic rings. The smallest absolute Gasteiger partial charge is 0.238 e. The number of aryl methyl sites for hydroxylation is 2. The molecule has 0 fully saturated rings. The van der Waals surface area contributed by atoms with Crippen LogP contribution in [0.5, 0.6) is 0 Å². The Labute approximate surface area is 130 Å². The summed E-state index contributed by atoms with van der Waals surface area (Å²) in [6.45, 7) is 3.57. The third-order valence-electron chi connectivity index (χ3n) is 3.03. The van der Waals surface area contributed by atoms with E-state index in [0.717, 1.165) is 16.1 Å². The van der Waals surface area contributed by atoms with Crippen molar-refractivity contribution in [1.82, 2.24) is 24.9 Å². The minimum Gasteiger partial charge on any atom is -0.360 e. The van der Waals surface area contributed by atoms with Crippen LogP contribution in [0.2, 0.25) is 0 Å². The molecule has 3 aromatic heterocycles. The van der Waals surface area contributed by atoms with Gasteiger partial charge in [-0.2, -0.15) is 5.10 Å². The Hall–Kier alpha value is -2.42. The molecule has 0 aliphatic heterocycles. The summed E-state index contributed by atoms with van der Waals surface area (Å²) in [4.78, 5) is 20.6. The van der Waals surface area contributed by atoms with E-state index >= 15 is 0 Å². The van der Waals surface area contributed by atoms with E-state index in [9.17, 15) is 4.79 Å². The maximum absolute atomic E-state index is 12.2. The first kappa shape index (κ1) is 14.5. The van der Waals surface area contributed by atoms with Gasteiger partial charge in [0.15, 0.2) is 11.5 Å². The summed E-state index contributed by atoms with van der Waals surface area (Å²) in [7, 11) is 1.81. The molecule has 1 atom stereocenters. The van der Waals surface area contributed by atoms with Crippen LogP contribution in [-0.2, 0) is 11.8 Å². The van der Waals surface area contributed by atoms with Gasteiger partial charge in [0.25, 0.3) is 0 Å². The molecule has 0 spiro atoms. The number of hydrogen-bond acceptors (Lipinski definition) is 7. The highest BCUT2D eigenvalue weighted by Crippen LogP contribution is 2.28. The molecule has 0 saturated carbocycles. The molecule has 1 N–H and O–H groups in total. The minimum atomic E-state index is -0.352. The van der Waals surface area contributed by atoms with Crippen molar-refractivity contribution in [3.05, 3.63) is 24.4 Å². The highest BCUT2D eigenvalue weighted by atomic mass is 32.2. The highest BCUT2D eigenvalue weighted by molar-refractivity contribution is 8.00. The molecule has 114 valence electrons. The largest absolute Gasteiger partial charge is 0.360 e. The average molecular weight is 318 g/mol. The van der Waals surface area contributed by atoms with E-state index in [1.807, 2.05) is 7.05 Å². The highest BCUT2D eigenvalue weighted by Gasteiger charge is 2.19. The summed E-state index contributed by atoms with van der Waals surface area (Å²) in [5.41, 5.74) is 0.734. The van der Waals surface area contributed by atoms with Gasteiger partial charge in [0.2, 0.25) is 5.91 Å². The second kappa shape index (κ2) is 5.76. The summed E-state index contributed by atoms with van der Waals surface area (Å²) in [6.07, 6.45) is 3.17. The predicted molar refractivity (Wildman–Crippen MR) is 81.5 cm³/mol. The van der Waals surface area contributed by atoms with E-state index in [-0.39, 0.29) is 11.2 Å². The minimum absolute atomic E-state index is 0.172. The third-order valence-corrected chi connectivity index (χ3v) is 4.15. The van der Waals surface area contributed by atoms with Crippen LogP contribution in [0.25, 0.3) is 11.0 Å². The maximum Gasteiger partial charge on any atom is 0.238 e. The van der Waals surface area contributed by atoms with Crippen molar-refractivity contribution in [2.75, 3.05) is 5.32 Å². The van der Waals surface area contributed by atoms with Crippen molar-refractivity contribution in [2.24, 2.45) is 7.05 Å². The van der Waals surface area contributed by atoms with E-state index in [4.69, 9.17) is 4.52 Å². The van der Waals surface area contributed by atoms with Crippen molar-refractivity contribution in [2.45, 2.75) is 24.1 Å². The normalized spacial score (nSPS) is 12.5. The van der Waals surface area contributed by atoms with Gasteiger partial charge in [-0.3, -0.25) is 9.48 Å². The Kier molecular flexibility index (Phi) is 3.80. The number of carbonyl (C=O) groups excluding carboxylic acids is 1. The zero-order valence-corrected chi connectivity index (χ0v) is 13.1. The second-order valence-electron chi connectivity index (χ2n) is 4.76. The number of nitrogens with zero attached hydrogens (tertiary/aromatic N) is 5. The van der Waals surface area contributed by atoms with E-state index in [1.165, 1.54) is 18.1 Å². The van der Waals surface area contributed by atoms with Crippen molar-refractivity contribution < 1.29 is 9.32 Å². The summed E-state index contributed by atoms with van der Waals surface area (Å²) in [5, 5.41) is 11.8. The van der Waals surface area contributed by atoms with E-state index in [2.05, 4.69) is 25.5 Å². The molecule has 3 rings (SSSR count). The average Bonchev–Trinajstić information content (AvgIpc) is 3.06. The molecule has 0 aromatic carbocycles.